The molecule has 2 N–H and O–H groups in total. The normalized spacial score (nSPS) is 13.6. The number of aromatic nitrogens is 1. The average molecular weight is 361 g/mol. The lowest BCUT2D eigenvalue weighted by molar-refractivity contribution is 0.206. The molecule has 4 rings (SSSR count). The molecule has 0 saturated heterocycles. The van der Waals surface area contributed by atoms with Crippen molar-refractivity contribution in [2.75, 3.05) is 5.32 Å². The van der Waals surface area contributed by atoms with Crippen LogP contribution in [0.3, 0.4) is 0 Å². The number of hydrogen-bond donors (Lipinski definition) is 2. The highest BCUT2D eigenvalue weighted by atomic mass is 16.2. The second kappa shape index (κ2) is 6.91. The largest absolute Gasteiger partial charge is 0.322 e. The summed E-state index contributed by atoms with van der Waals surface area (Å²) >= 11 is 0. The third-order valence-electron chi connectivity index (χ3n) is 4.97. The van der Waals surface area contributed by atoms with Gasteiger partial charge in [-0.3, -0.25) is 4.79 Å². The topological polar surface area (TPSA) is 65.2 Å². The van der Waals surface area contributed by atoms with Gasteiger partial charge in [0.2, 0.25) is 0 Å². The van der Waals surface area contributed by atoms with E-state index in [9.17, 15) is 9.59 Å². The number of aryl methyl sites for hydroxylation is 2. The molecule has 1 aliphatic rings. The summed E-state index contributed by atoms with van der Waals surface area (Å²) in [7, 11) is 0. The number of anilines is 1. The van der Waals surface area contributed by atoms with Gasteiger partial charge in [0.1, 0.15) is 0 Å². The number of benzene rings is 2. The molecule has 2 amide bonds. The molecule has 138 valence electrons. The van der Waals surface area contributed by atoms with E-state index in [0.29, 0.717) is 12.1 Å². The van der Waals surface area contributed by atoms with Gasteiger partial charge < -0.3 is 15.2 Å². The van der Waals surface area contributed by atoms with E-state index in [-0.39, 0.29) is 17.6 Å². The number of nitrogens with zero attached hydrogens (tertiary/aromatic N) is 1. The lowest BCUT2D eigenvalue weighted by Crippen LogP contribution is -2.37. The number of H-pyrrole nitrogens is 1. The van der Waals surface area contributed by atoms with Gasteiger partial charge in [0.15, 0.2) is 0 Å². The van der Waals surface area contributed by atoms with Gasteiger partial charge >= 0.3 is 6.03 Å². The van der Waals surface area contributed by atoms with E-state index in [0.717, 1.165) is 40.6 Å². The Morgan fingerprint density at radius 3 is 2.48 bits per heavy atom. The second-order valence-electron chi connectivity index (χ2n) is 7.37. The summed E-state index contributed by atoms with van der Waals surface area (Å²) in [6.45, 7) is 4.34. The summed E-state index contributed by atoms with van der Waals surface area (Å²) in [5.41, 5.74) is 4.33. The number of nitrogens with one attached hydrogen (secondary N) is 2. The van der Waals surface area contributed by atoms with E-state index in [4.69, 9.17) is 0 Å². The number of urea groups is 1. The molecule has 0 radical (unpaired) electrons. The van der Waals surface area contributed by atoms with Crippen LogP contribution >= 0.6 is 0 Å². The van der Waals surface area contributed by atoms with Crippen molar-refractivity contribution in [1.82, 2.24) is 9.88 Å². The first-order valence-corrected chi connectivity index (χ1v) is 9.26. The van der Waals surface area contributed by atoms with E-state index < -0.39 is 0 Å². The van der Waals surface area contributed by atoms with E-state index in [1.54, 1.807) is 4.90 Å². The van der Waals surface area contributed by atoms with Gasteiger partial charge in [-0.25, -0.2) is 4.79 Å². The van der Waals surface area contributed by atoms with Crippen LogP contribution in [0.1, 0.15) is 29.5 Å². The Kier molecular flexibility index (Phi) is 4.44. The fourth-order valence-corrected chi connectivity index (χ4v) is 3.26. The maximum atomic E-state index is 12.8. The molecular weight excluding hydrogens is 338 g/mol. The van der Waals surface area contributed by atoms with Gasteiger partial charge in [0.05, 0.1) is 6.54 Å². The first kappa shape index (κ1) is 17.3. The van der Waals surface area contributed by atoms with Gasteiger partial charge in [-0.05, 0) is 62.4 Å². The van der Waals surface area contributed by atoms with Crippen molar-refractivity contribution in [3.8, 4) is 0 Å². The number of fused-ring (bicyclic) bond motifs is 1. The first-order valence-electron chi connectivity index (χ1n) is 9.26. The molecule has 1 heterocycles. The summed E-state index contributed by atoms with van der Waals surface area (Å²) in [6.07, 6.45) is 1.96. The number of rotatable bonds is 4. The fraction of sp³-hybridized carbons (Fsp3) is 0.273. The lowest BCUT2D eigenvalue weighted by atomic mass is 10.1. The minimum absolute atomic E-state index is 0.139. The molecule has 0 aliphatic heterocycles. The Labute approximate surface area is 158 Å². The Morgan fingerprint density at radius 1 is 1.07 bits per heavy atom. The second-order valence-corrected chi connectivity index (χ2v) is 7.37. The number of carbonyl (C=O) groups is 1. The van der Waals surface area contributed by atoms with Crippen molar-refractivity contribution in [3.63, 3.8) is 0 Å². The van der Waals surface area contributed by atoms with Crippen molar-refractivity contribution in [1.29, 1.82) is 0 Å². The van der Waals surface area contributed by atoms with Crippen molar-refractivity contribution < 1.29 is 4.79 Å². The van der Waals surface area contributed by atoms with Gasteiger partial charge in [0.25, 0.3) is 5.56 Å². The number of pyridine rings is 1. The average Bonchev–Trinajstić information content (AvgIpc) is 3.47. The van der Waals surface area contributed by atoms with Crippen molar-refractivity contribution >= 4 is 22.6 Å². The highest BCUT2D eigenvalue weighted by molar-refractivity contribution is 5.90. The van der Waals surface area contributed by atoms with E-state index in [1.807, 2.05) is 62.4 Å². The maximum absolute atomic E-state index is 12.8. The van der Waals surface area contributed by atoms with Crippen LogP contribution in [-0.4, -0.2) is 22.0 Å². The quantitative estimate of drug-likeness (QED) is 0.726. The molecule has 1 aromatic heterocycles. The highest BCUT2D eigenvalue weighted by Crippen LogP contribution is 2.29. The monoisotopic (exact) mass is 361 g/mol. The molecule has 5 heteroatoms. The van der Waals surface area contributed by atoms with Crippen LogP contribution in [0.5, 0.6) is 0 Å². The van der Waals surface area contributed by atoms with E-state index in [1.165, 1.54) is 0 Å². The molecule has 5 nitrogen and oxygen atoms in total. The van der Waals surface area contributed by atoms with Crippen LogP contribution in [-0.2, 0) is 6.54 Å². The molecule has 0 unspecified atom stereocenters. The molecule has 0 atom stereocenters. The molecule has 0 spiro atoms. The molecule has 0 bridgehead atoms. The Bertz CT molecular complexity index is 1050. The molecule has 1 fully saturated rings. The highest BCUT2D eigenvalue weighted by Gasteiger charge is 2.33. The minimum atomic E-state index is -0.162. The predicted molar refractivity (Wildman–Crippen MR) is 108 cm³/mol. The smallest absolute Gasteiger partial charge is 0.322 e. The summed E-state index contributed by atoms with van der Waals surface area (Å²) < 4.78 is 0. The number of carbonyl (C=O) groups excluding carboxylic acids is 1. The Hall–Kier alpha value is -3.08. The van der Waals surface area contributed by atoms with Crippen LogP contribution in [0.4, 0.5) is 10.5 Å². The predicted octanol–water partition coefficient (Wildman–Crippen LogP) is 4.34. The number of hydrogen-bond acceptors (Lipinski definition) is 2. The SMILES string of the molecule is Cc1ccc(NC(=O)N(Cc2cc3cc(C)ccc3[nH]c2=O)C2CC2)cc1. The van der Waals surface area contributed by atoms with Gasteiger partial charge in [-0.15, -0.1) is 0 Å². The van der Waals surface area contributed by atoms with Crippen LogP contribution in [0.2, 0.25) is 0 Å². The van der Waals surface area contributed by atoms with Crippen LogP contribution in [0.25, 0.3) is 10.9 Å². The van der Waals surface area contributed by atoms with Crippen LogP contribution in [0.15, 0.2) is 53.3 Å². The van der Waals surface area contributed by atoms with Crippen LogP contribution < -0.4 is 10.9 Å². The van der Waals surface area contributed by atoms with Gasteiger partial charge in [0, 0.05) is 22.8 Å². The Balaban J connectivity index is 1.59. The lowest BCUT2D eigenvalue weighted by Gasteiger charge is -2.23. The Morgan fingerprint density at radius 2 is 1.78 bits per heavy atom. The summed E-state index contributed by atoms with van der Waals surface area (Å²) in [6, 6.07) is 15.6. The first-order chi connectivity index (χ1) is 13.0. The molecule has 1 saturated carbocycles. The summed E-state index contributed by atoms with van der Waals surface area (Å²) in [5, 5.41) is 3.94. The number of aromatic amines is 1. The third kappa shape index (κ3) is 3.87. The molecule has 1 aliphatic carbocycles. The molecule has 3 aromatic rings. The summed E-state index contributed by atoms with van der Waals surface area (Å²) in [5.74, 6) is 0. The molecule has 27 heavy (non-hydrogen) atoms. The van der Waals surface area contributed by atoms with Crippen molar-refractivity contribution in [2.24, 2.45) is 0 Å². The van der Waals surface area contributed by atoms with Crippen molar-refractivity contribution in [3.05, 3.63) is 75.6 Å². The fourth-order valence-electron chi connectivity index (χ4n) is 3.26. The summed E-state index contributed by atoms with van der Waals surface area (Å²) in [4.78, 5) is 30.0. The van der Waals surface area contributed by atoms with Gasteiger partial charge in [-0.2, -0.15) is 0 Å². The zero-order valence-corrected chi connectivity index (χ0v) is 15.6. The number of amides is 2. The standard InChI is InChI=1S/C22H23N3O2/c1-14-3-6-18(7-4-14)23-22(27)25(19-8-9-19)13-17-12-16-11-15(2)5-10-20(16)24-21(17)26/h3-7,10-12,19H,8-9,13H2,1-2H3,(H,23,27)(H,24,26). The zero-order valence-electron chi connectivity index (χ0n) is 15.6. The van der Waals surface area contributed by atoms with Gasteiger partial charge in [-0.1, -0.05) is 29.3 Å². The maximum Gasteiger partial charge on any atom is 0.322 e. The molecular formula is C22H23N3O2. The van der Waals surface area contributed by atoms with E-state index in [2.05, 4.69) is 10.3 Å². The molecule has 2 aromatic carbocycles. The minimum Gasteiger partial charge on any atom is -0.322 e. The van der Waals surface area contributed by atoms with Crippen molar-refractivity contribution in [2.45, 2.75) is 39.3 Å². The van der Waals surface area contributed by atoms with E-state index >= 15 is 0 Å². The third-order valence-corrected chi connectivity index (χ3v) is 4.97. The zero-order chi connectivity index (χ0) is 19.0. The van der Waals surface area contributed by atoms with Crippen LogP contribution in [0, 0.1) is 13.8 Å².